The van der Waals surface area contributed by atoms with Crippen LogP contribution in [0.5, 0.6) is 5.75 Å². The summed E-state index contributed by atoms with van der Waals surface area (Å²) in [7, 11) is 0. The molecule has 0 saturated heterocycles. The van der Waals surface area contributed by atoms with Gasteiger partial charge in [0.1, 0.15) is 11.4 Å². The Labute approximate surface area is 174 Å². The molecule has 0 saturated carbocycles. The molecule has 0 bridgehead atoms. The molecule has 3 aromatic rings. The topological polar surface area (TPSA) is 85.7 Å². The van der Waals surface area contributed by atoms with Crippen molar-refractivity contribution in [1.82, 2.24) is 10.6 Å². The van der Waals surface area contributed by atoms with Crippen molar-refractivity contribution in [2.75, 3.05) is 0 Å². The summed E-state index contributed by atoms with van der Waals surface area (Å²) >= 11 is 4.70. The first-order valence-electron chi connectivity index (χ1n) is 8.87. The van der Waals surface area contributed by atoms with Gasteiger partial charge in [-0.3, -0.25) is 5.43 Å². The number of nitrogens with two attached hydrogens (primary N) is 1. The maximum absolute atomic E-state index is 12.3. The summed E-state index contributed by atoms with van der Waals surface area (Å²) in [6, 6.07) is 11.4. The molecular formula is C20H15F3N4O2S. The smallest absolute Gasteiger partial charge is 0.406 e. The van der Waals surface area contributed by atoms with Gasteiger partial charge in [-0.25, -0.2) is 0 Å². The molecule has 10 heteroatoms. The van der Waals surface area contributed by atoms with E-state index in [-0.39, 0.29) is 10.9 Å². The fourth-order valence-electron chi connectivity index (χ4n) is 3.35. The predicted octanol–water partition coefficient (Wildman–Crippen LogP) is 4.17. The van der Waals surface area contributed by atoms with Gasteiger partial charge in [0.25, 0.3) is 0 Å². The highest BCUT2D eigenvalue weighted by molar-refractivity contribution is 7.80. The molecule has 0 atom stereocenters. The van der Waals surface area contributed by atoms with Crippen LogP contribution in [-0.2, 0) is 12.8 Å². The number of nitrogens with zero attached hydrogens (tertiary/aromatic N) is 2. The number of alkyl halides is 3. The number of rotatable bonds is 4. The minimum Gasteiger partial charge on any atom is -0.406 e. The highest BCUT2D eigenvalue weighted by atomic mass is 32.1. The zero-order valence-corrected chi connectivity index (χ0v) is 16.2. The average Bonchev–Trinajstić information content (AvgIpc) is 3.11. The third kappa shape index (κ3) is 4.28. The number of thiocarbonyl (C=S) groups is 1. The number of halogens is 3. The van der Waals surface area contributed by atoms with Crippen molar-refractivity contribution < 1.29 is 22.4 Å². The summed E-state index contributed by atoms with van der Waals surface area (Å²) in [6.45, 7) is 0. The Morgan fingerprint density at radius 1 is 1.20 bits per heavy atom. The average molecular weight is 432 g/mol. The van der Waals surface area contributed by atoms with Crippen LogP contribution in [0.3, 0.4) is 0 Å². The van der Waals surface area contributed by atoms with Crippen LogP contribution in [0.1, 0.15) is 16.7 Å². The van der Waals surface area contributed by atoms with Crippen LogP contribution in [0.2, 0.25) is 0 Å². The SMILES string of the molecule is NC(=S)N/N=C/c1ccc2c(c1)CCc1c-2noc1-c1ccc(OC(F)(F)F)cc1. The lowest BCUT2D eigenvalue weighted by molar-refractivity contribution is -0.274. The maximum atomic E-state index is 12.3. The Morgan fingerprint density at radius 2 is 1.97 bits per heavy atom. The Hall–Kier alpha value is -3.40. The van der Waals surface area contributed by atoms with Gasteiger partial charge in [0.2, 0.25) is 0 Å². The van der Waals surface area contributed by atoms with E-state index in [0.29, 0.717) is 17.7 Å². The number of aromatic nitrogens is 1. The second-order valence-electron chi connectivity index (χ2n) is 6.56. The molecule has 0 radical (unpaired) electrons. The van der Waals surface area contributed by atoms with Crippen LogP contribution in [0.15, 0.2) is 52.1 Å². The van der Waals surface area contributed by atoms with E-state index in [0.717, 1.165) is 34.4 Å². The monoisotopic (exact) mass is 432 g/mol. The van der Waals surface area contributed by atoms with E-state index in [4.69, 9.17) is 22.5 Å². The van der Waals surface area contributed by atoms with E-state index in [1.54, 1.807) is 6.21 Å². The first kappa shape index (κ1) is 19.9. The largest absolute Gasteiger partial charge is 0.573 e. The van der Waals surface area contributed by atoms with Crippen molar-refractivity contribution in [3.8, 4) is 28.3 Å². The van der Waals surface area contributed by atoms with Crippen LogP contribution < -0.4 is 15.9 Å². The molecular weight excluding hydrogens is 417 g/mol. The van der Waals surface area contributed by atoms with E-state index < -0.39 is 6.36 Å². The molecule has 1 aliphatic rings. The molecule has 3 N–H and O–H groups in total. The molecule has 0 amide bonds. The third-order valence-electron chi connectivity index (χ3n) is 4.56. The second kappa shape index (κ2) is 7.79. The van der Waals surface area contributed by atoms with Gasteiger partial charge in [0, 0.05) is 16.7 Å². The number of aryl methyl sites for hydroxylation is 1. The zero-order chi connectivity index (χ0) is 21.3. The van der Waals surface area contributed by atoms with Gasteiger partial charge in [0.15, 0.2) is 10.9 Å². The minimum absolute atomic E-state index is 0.0852. The lowest BCUT2D eigenvalue weighted by Crippen LogP contribution is -2.24. The first-order chi connectivity index (χ1) is 14.3. The fraction of sp³-hybridized carbons (Fsp3) is 0.150. The zero-order valence-electron chi connectivity index (χ0n) is 15.4. The van der Waals surface area contributed by atoms with Crippen molar-refractivity contribution in [2.45, 2.75) is 19.2 Å². The van der Waals surface area contributed by atoms with Crippen LogP contribution in [0.25, 0.3) is 22.6 Å². The van der Waals surface area contributed by atoms with Crippen LogP contribution in [0, 0.1) is 0 Å². The molecule has 2 aromatic carbocycles. The highest BCUT2D eigenvalue weighted by Crippen LogP contribution is 2.39. The Morgan fingerprint density at radius 3 is 2.67 bits per heavy atom. The Kier molecular flexibility index (Phi) is 5.17. The number of ether oxygens (including phenoxy) is 1. The van der Waals surface area contributed by atoms with E-state index >= 15 is 0 Å². The fourth-order valence-corrected chi connectivity index (χ4v) is 3.40. The van der Waals surface area contributed by atoms with Crippen LogP contribution >= 0.6 is 12.2 Å². The minimum atomic E-state index is -4.73. The first-order valence-corrected chi connectivity index (χ1v) is 9.27. The predicted molar refractivity (Wildman–Crippen MR) is 109 cm³/mol. The van der Waals surface area contributed by atoms with Crippen molar-refractivity contribution >= 4 is 23.5 Å². The van der Waals surface area contributed by atoms with E-state index in [9.17, 15) is 13.2 Å². The number of hydrogen-bond acceptors (Lipinski definition) is 5. The van der Waals surface area contributed by atoms with Gasteiger partial charge in [-0.1, -0.05) is 17.3 Å². The van der Waals surface area contributed by atoms with Gasteiger partial charge in [-0.15, -0.1) is 13.2 Å². The molecule has 0 aliphatic heterocycles. The van der Waals surface area contributed by atoms with E-state index in [1.807, 2.05) is 18.2 Å². The maximum Gasteiger partial charge on any atom is 0.573 e. The number of benzene rings is 2. The molecule has 1 heterocycles. The van der Waals surface area contributed by atoms with Crippen molar-refractivity contribution in [2.24, 2.45) is 10.8 Å². The quantitative estimate of drug-likeness (QED) is 0.366. The van der Waals surface area contributed by atoms with Gasteiger partial charge in [-0.2, -0.15) is 5.10 Å². The van der Waals surface area contributed by atoms with Gasteiger partial charge >= 0.3 is 6.36 Å². The summed E-state index contributed by atoms with van der Waals surface area (Å²) in [5.74, 6) is 0.254. The second-order valence-corrected chi connectivity index (χ2v) is 7.00. The summed E-state index contributed by atoms with van der Waals surface area (Å²) in [5, 5.41) is 8.24. The standard InChI is InChI=1S/C20H15F3N4O2S/c21-20(22,23)28-14-5-2-12(3-6-14)18-16-8-4-13-9-11(10-25-26-19(24)30)1-7-15(13)17(16)27-29-18/h1-3,5-7,9-10H,4,8H2,(H3,24,26,30)/b25-10+. The molecule has 154 valence electrons. The van der Waals surface area contributed by atoms with E-state index in [2.05, 4.69) is 20.4 Å². The Bertz CT molecular complexity index is 1120. The van der Waals surface area contributed by atoms with Crippen molar-refractivity contribution in [3.63, 3.8) is 0 Å². The number of nitrogens with one attached hydrogen (secondary N) is 1. The number of fused-ring (bicyclic) bond motifs is 3. The van der Waals surface area contributed by atoms with Gasteiger partial charge in [-0.05, 0) is 66.5 Å². The molecule has 1 aromatic heterocycles. The molecule has 4 rings (SSSR count). The molecule has 1 aliphatic carbocycles. The summed E-state index contributed by atoms with van der Waals surface area (Å²) < 4.78 is 46.5. The summed E-state index contributed by atoms with van der Waals surface area (Å²) in [5.41, 5.74) is 13.0. The molecule has 0 fully saturated rings. The summed E-state index contributed by atoms with van der Waals surface area (Å²) in [4.78, 5) is 0. The molecule has 6 nitrogen and oxygen atoms in total. The third-order valence-corrected chi connectivity index (χ3v) is 4.65. The lowest BCUT2D eigenvalue weighted by atomic mass is 9.87. The molecule has 0 unspecified atom stereocenters. The van der Waals surface area contributed by atoms with Crippen LogP contribution in [0.4, 0.5) is 13.2 Å². The lowest BCUT2D eigenvalue weighted by Gasteiger charge is -2.15. The van der Waals surface area contributed by atoms with Crippen LogP contribution in [-0.4, -0.2) is 22.8 Å². The number of hydrazone groups is 1. The van der Waals surface area contributed by atoms with Gasteiger partial charge in [0.05, 0.1) is 6.21 Å². The molecule has 0 spiro atoms. The Balaban J connectivity index is 1.59. The van der Waals surface area contributed by atoms with Gasteiger partial charge < -0.3 is 15.0 Å². The normalized spacial score (nSPS) is 13.0. The van der Waals surface area contributed by atoms with Crippen molar-refractivity contribution in [3.05, 3.63) is 59.2 Å². The van der Waals surface area contributed by atoms with E-state index in [1.165, 1.54) is 24.3 Å². The number of hydrogen-bond donors (Lipinski definition) is 2. The molecule has 30 heavy (non-hydrogen) atoms. The van der Waals surface area contributed by atoms with Crippen molar-refractivity contribution in [1.29, 1.82) is 0 Å². The highest BCUT2D eigenvalue weighted by Gasteiger charge is 2.31. The summed E-state index contributed by atoms with van der Waals surface area (Å²) in [6.07, 6.45) is -1.66.